The molecule has 20 heavy (non-hydrogen) atoms. The Hall–Kier alpha value is -2.01. The third-order valence-electron chi connectivity index (χ3n) is 3.36. The summed E-state index contributed by atoms with van der Waals surface area (Å²) in [5, 5.41) is 4.49. The fraction of sp³-hybridized carbons (Fsp3) is 0.400. The first kappa shape index (κ1) is 14.4. The maximum atomic E-state index is 12.2. The highest BCUT2D eigenvalue weighted by Crippen LogP contribution is 2.18. The van der Waals surface area contributed by atoms with E-state index in [-0.39, 0.29) is 5.56 Å². The van der Waals surface area contributed by atoms with E-state index < -0.39 is 0 Å². The lowest BCUT2D eigenvalue weighted by atomic mass is 10.1. The van der Waals surface area contributed by atoms with Crippen molar-refractivity contribution >= 4 is 0 Å². The van der Waals surface area contributed by atoms with Gasteiger partial charge in [0.2, 0.25) is 0 Å². The highest BCUT2D eigenvalue weighted by atomic mass is 16.1. The molecule has 0 spiro atoms. The largest absolute Gasteiger partial charge is 0.308 e. The van der Waals surface area contributed by atoms with E-state index in [0.717, 1.165) is 29.1 Å². The van der Waals surface area contributed by atoms with Crippen LogP contribution in [0.3, 0.4) is 0 Å². The van der Waals surface area contributed by atoms with E-state index in [0.29, 0.717) is 6.54 Å². The van der Waals surface area contributed by atoms with Gasteiger partial charge in [0.1, 0.15) is 5.69 Å². The topological polar surface area (TPSA) is 51.0 Å². The monoisotopic (exact) mass is 272 g/mol. The highest BCUT2D eigenvalue weighted by Gasteiger charge is 2.13. The Morgan fingerprint density at radius 1 is 1.20 bits per heavy atom. The van der Waals surface area contributed by atoms with Crippen molar-refractivity contribution in [2.45, 2.75) is 20.4 Å². The van der Waals surface area contributed by atoms with E-state index in [1.807, 2.05) is 51.0 Å². The van der Waals surface area contributed by atoms with Gasteiger partial charge in [0, 0.05) is 18.3 Å². The molecule has 0 amide bonds. The number of likely N-dealkylation sites (N-methyl/N-ethyl adjacent to an activating group) is 1. The van der Waals surface area contributed by atoms with Gasteiger partial charge in [-0.05, 0) is 45.6 Å². The average molecular weight is 272 g/mol. The molecule has 2 aromatic heterocycles. The molecule has 0 N–H and O–H groups in total. The van der Waals surface area contributed by atoms with Crippen LogP contribution in [-0.2, 0) is 6.54 Å². The molecule has 0 unspecified atom stereocenters. The first-order valence-corrected chi connectivity index (χ1v) is 6.65. The summed E-state index contributed by atoms with van der Waals surface area (Å²) in [5.74, 6) is 0. The van der Waals surface area contributed by atoms with Gasteiger partial charge in [-0.3, -0.25) is 9.78 Å². The van der Waals surface area contributed by atoms with Crippen molar-refractivity contribution in [2.24, 2.45) is 0 Å². The fourth-order valence-corrected chi connectivity index (χ4v) is 1.97. The minimum atomic E-state index is -0.0240. The minimum absolute atomic E-state index is 0.0240. The van der Waals surface area contributed by atoms with Crippen LogP contribution in [0.25, 0.3) is 11.4 Å². The van der Waals surface area contributed by atoms with Crippen LogP contribution in [0.2, 0.25) is 0 Å². The Morgan fingerprint density at radius 2 is 1.95 bits per heavy atom. The second-order valence-corrected chi connectivity index (χ2v) is 5.15. The lowest BCUT2D eigenvalue weighted by Crippen LogP contribution is -2.31. The van der Waals surface area contributed by atoms with Gasteiger partial charge in [-0.25, -0.2) is 4.68 Å². The van der Waals surface area contributed by atoms with Gasteiger partial charge in [0.05, 0.1) is 12.2 Å². The molecule has 106 valence electrons. The zero-order chi connectivity index (χ0) is 14.7. The molecule has 0 aliphatic carbocycles. The maximum Gasteiger partial charge on any atom is 0.270 e. The molecular weight excluding hydrogens is 252 g/mol. The molecule has 0 bridgehead atoms. The second-order valence-electron chi connectivity index (χ2n) is 5.15. The van der Waals surface area contributed by atoms with Crippen molar-refractivity contribution in [3.63, 3.8) is 0 Å². The van der Waals surface area contributed by atoms with Crippen LogP contribution in [0.4, 0.5) is 0 Å². The quantitative estimate of drug-likeness (QED) is 0.846. The molecule has 2 heterocycles. The Bertz CT molecular complexity index is 647. The van der Waals surface area contributed by atoms with Crippen LogP contribution < -0.4 is 5.56 Å². The third kappa shape index (κ3) is 2.93. The molecule has 0 aliphatic heterocycles. The van der Waals surface area contributed by atoms with Crippen LogP contribution in [0.1, 0.15) is 11.1 Å². The SMILES string of the molecule is Cc1c(-c2ccccn2)nn(CCN(C)C)c(=O)c1C. The Labute approximate surface area is 118 Å². The molecule has 5 heteroatoms. The van der Waals surface area contributed by atoms with Crippen LogP contribution in [0.15, 0.2) is 29.2 Å². The molecule has 5 nitrogen and oxygen atoms in total. The molecule has 0 aliphatic rings. The number of aromatic nitrogens is 3. The first-order chi connectivity index (χ1) is 9.50. The third-order valence-corrected chi connectivity index (χ3v) is 3.36. The Kier molecular flexibility index (Phi) is 4.29. The maximum absolute atomic E-state index is 12.2. The predicted molar refractivity (Wildman–Crippen MR) is 79.8 cm³/mol. The summed E-state index contributed by atoms with van der Waals surface area (Å²) in [6.07, 6.45) is 1.74. The smallest absolute Gasteiger partial charge is 0.270 e. The molecule has 0 fully saturated rings. The van der Waals surface area contributed by atoms with E-state index in [2.05, 4.69) is 10.1 Å². The summed E-state index contributed by atoms with van der Waals surface area (Å²) < 4.78 is 1.53. The van der Waals surface area contributed by atoms with Gasteiger partial charge < -0.3 is 4.90 Å². The zero-order valence-corrected chi connectivity index (χ0v) is 12.4. The van der Waals surface area contributed by atoms with Crippen molar-refractivity contribution in [1.82, 2.24) is 19.7 Å². The lowest BCUT2D eigenvalue weighted by Gasteiger charge is -2.14. The predicted octanol–water partition coefficient (Wildman–Crippen LogP) is 1.48. The number of hydrogen-bond donors (Lipinski definition) is 0. The van der Waals surface area contributed by atoms with Crippen LogP contribution >= 0.6 is 0 Å². The van der Waals surface area contributed by atoms with Gasteiger partial charge >= 0.3 is 0 Å². The van der Waals surface area contributed by atoms with Gasteiger partial charge in [-0.1, -0.05) is 6.07 Å². The molecule has 0 radical (unpaired) electrons. The summed E-state index contributed by atoms with van der Waals surface area (Å²) in [7, 11) is 3.96. The zero-order valence-electron chi connectivity index (χ0n) is 12.4. The number of rotatable bonds is 4. The van der Waals surface area contributed by atoms with Crippen molar-refractivity contribution < 1.29 is 0 Å². The summed E-state index contributed by atoms with van der Waals surface area (Å²) in [5.41, 5.74) is 3.19. The highest BCUT2D eigenvalue weighted by molar-refractivity contribution is 5.58. The van der Waals surface area contributed by atoms with Gasteiger partial charge in [0.25, 0.3) is 5.56 Å². The number of nitrogens with zero attached hydrogens (tertiary/aromatic N) is 4. The van der Waals surface area contributed by atoms with Crippen molar-refractivity contribution in [2.75, 3.05) is 20.6 Å². The van der Waals surface area contributed by atoms with Gasteiger partial charge in [0.15, 0.2) is 0 Å². The number of hydrogen-bond acceptors (Lipinski definition) is 4. The van der Waals surface area contributed by atoms with Crippen molar-refractivity contribution in [1.29, 1.82) is 0 Å². The molecule has 0 saturated heterocycles. The second kappa shape index (κ2) is 5.96. The summed E-state index contributed by atoms with van der Waals surface area (Å²) in [6.45, 7) is 5.12. The fourth-order valence-electron chi connectivity index (χ4n) is 1.97. The standard InChI is InChI=1S/C15H20N4O/c1-11-12(2)15(20)19(10-9-18(3)4)17-14(11)13-7-5-6-8-16-13/h5-8H,9-10H2,1-4H3. The van der Waals surface area contributed by atoms with Crippen molar-refractivity contribution in [3.05, 3.63) is 45.9 Å². The van der Waals surface area contributed by atoms with Crippen LogP contribution in [0, 0.1) is 13.8 Å². The molecule has 2 aromatic rings. The Morgan fingerprint density at radius 3 is 2.55 bits per heavy atom. The first-order valence-electron chi connectivity index (χ1n) is 6.65. The summed E-state index contributed by atoms with van der Waals surface area (Å²) in [4.78, 5) is 18.6. The Balaban J connectivity index is 2.50. The normalized spacial score (nSPS) is 11.1. The van der Waals surface area contributed by atoms with Crippen LogP contribution in [-0.4, -0.2) is 40.3 Å². The molecule has 0 aromatic carbocycles. The lowest BCUT2D eigenvalue weighted by molar-refractivity contribution is 0.367. The van der Waals surface area contributed by atoms with E-state index in [1.165, 1.54) is 4.68 Å². The summed E-state index contributed by atoms with van der Waals surface area (Å²) >= 11 is 0. The van der Waals surface area contributed by atoms with E-state index in [9.17, 15) is 4.79 Å². The van der Waals surface area contributed by atoms with Crippen molar-refractivity contribution in [3.8, 4) is 11.4 Å². The number of pyridine rings is 1. The van der Waals surface area contributed by atoms with Gasteiger partial charge in [-0.2, -0.15) is 5.10 Å². The minimum Gasteiger partial charge on any atom is -0.308 e. The van der Waals surface area contributed by atoms with E-state index >= 15 is 0 Å². The summed E-state index contributed by atoms with van der Waals surface area (Å²) in [6, 6.07) is 5.71. The molecule has 0 saturated carbocycles. The molecule has 2 rings (SSSR count). The van der Waals surface area contributed by atoms with Gasteiger partial charge in [-0.15, -0.1) is 0 Å². The molecular formula is C15H20N4O. The molecule has 0 atom stereocenters. The van der Waals surface area contributed by atoms with E-state index in [4.69, 9.17) is 0 Å². The van der Waals surface area contributed by atoms with Crippen LogP contribution in [0.5, 0.6) is 0 Å². The van der Waals surface area contributed by atoms with E-state index in [1.54, 1.807) is 6.20 Å². The average Bonchev–Trinajstić information content (AvgIpc) is 2.45.